The lowest BCUT2D eigenvalue weighted by Crippen LogP contribution is -2.47. The van der Waals surface area contributed by atoms with Crippen molar-refractivity contribution in [3.05, 3.63) is 0 Å². The van der Waals surface area contributed by atoms with Gasteiger partial charge in [0, 0.05) is 18.8 Å². The number of ether oxygens (including phenoxy) is 1. The molecule has 4 atom stereocenters. The monoisotopic (exact) mass is 319 g/mol. The van der Waals surface area contributed by atoms with Gasteiger partial charge in [-0.05, 0) is 46.0 Å². The van der Waals surface area contributed by atoms with Crippen molar-refractivity contribution in [1.29, 1.82) is 0 Å². The summed E-state index contributed by atoms with van der Waals surface area (Å²) in [4.78, 5) is 37.1. The van der Waals surface area contributed by atoms with Crippen LogP contribution < -0.4 is 0 Å². The Kier molecular flexibility index (Phi) is 5.34. The van der Waals surface area contributed by atoms with Crippen molar-refractivity contribution < 1.29 is 19.1 Å². The first kappa shape index (κ1) is 18.2. The van der Waals surface area contributed by atoms with E-state index in [1.54, 1.807) is 11.8 Å². The number of carbonyl (C=O) groups is 3. The third-order valence-electron chi connectivity index (χ3n) is 5.29. The number of Topliss-reactive ketones (excluding diaryl/α,β-unsaturated/α-hetero) is 2. The Morgan fingerprint density at radius 2 is 2.04 bits per heavy atom. The molecule has 1 amide bonds. The zero-order valence-corrected chi connectivity index (χ0v) is 14.5. The first-order valence-corrected chi connectivity index (χ1v) is 8.46. The molecule has 0 aromatic rings. The molecule has 0 aromatic heterocycles. The summed E-state index contributed by atoms with van der Waals surface area (Å²) in [6.07, 6.45) is 2.69. The van der Waals surface area contributed by atoms with Crippen LogP contribution in [0.3, 0.4) is 0 Å². The van der Waals surface area contributed by atoms with Gasteiger partial charge < -0.3 is 9.64 Å². The fraction of sp³-hybridized carbons (Fsp3) is 0.824. The van der Waals surface area contributed by atoms with E-state index in [9.17, 15) is 14.4 Å². The lowest BCUT2D eigenvalue weighted by molar-refractivity contribution is -0.129. The molecule has 1 saturated carbocycles. The second kappa shape index (κ2) is 6.75. The molecule has 5 nitrogen and oxygen atoms in total. The molecule has 2 fully saturated rings. The molecule has 23 heavy (non-hydrogen) atoms. The van der Waals surface area contributed by atoms with Gasteiger partial charge in [-0.15, -0.1) is 0 Å². The number of hydrogen-bond donors (Lipinski definition) is 0. The molecule has 2 aliphatic rings. The number of nitrogens with zero attached hydrogens (tertiary/aromatic N) is 1. The van der Waals surface area contributed by atoms with Gasteiger partial charge in [0.15, 0.2) is 5.81 Å². The van der Waals surface area contributed by atoms with Crippen LogP contribution in [0.25, 0.3) is 0 Å². The lowest BCUT2D eigenvalue weighted by Gasteiger charge is -2.33. The third kappa shape index (κ3) is 3.68. The van der Waals surface area contributed by atoms with E-state index in [4.69, 9.17) is 12.6 Å². The van der Waals surface area contributed by atoms with Crippen LogP contribution in [0.2, 0.25) is 0 Å². The highest BCUT2D eigenvalue weighted by Gasteiger charge is 2.48. The Labute approximate surface area is 139 Å². The van der Waals surface area contributed by atoms with Gasteiger partial charge in [-0.1, -0.05) is 6.92 Å². The number of hydrogen-bond acceptors (Lipinski definition) is 4. The molecule has 126 valence electrons. The quantitative estimate of drug-likeness (QED) is 0.747. The molecule has 1 heterocycles. The van der Waals surface area contributed by atoms with Crippen LogP contribution in [0, 0.1) is 11.8 Å². The topological polar surface area (TPSA) is 63.7 Å². The molecular weight excluding hydrogens is 293 g/mol. The highest BCUT2D eigenvalue weighted by atomic mass is 16.5. The number of ketones is 2. The van der Waals surface area contributed by atoms with Crippen LogP contribution in [-0.2, 0) is 14.3 Å². The largest absolute Gasteiger partial charge is 0.351 e. The van der Waals surface area contributed by atoms with E-state index in [0.29, 0.717) is 25.7 Å². The Morgan fingerprint density at radius 3 is 2.57 bits per heavy atom. The molecule has 1 aliphatic carbocycles. The van der Waals surface area contributed by atoms with Crippen molar-refractivity contribution in [3.8, 4) is 0 Å². The van der Waals surface area contributed by atoms with Crippen molar-refractivity contribution in [2.24, 2.45) is 11.8 Å². The molecule has 0 N–H and O–H groups in total. The molecule has 0 bridgehead atoms. The van der Waals surface area contributed by atoms with Gasteiger partial charge in [0.05, 0.1) is 12.1 Å². The highest BCUT2D eigenvalue weighted by Crippen LogP contribution is 2.40. The fourth-order valence-corrected chi connectivity index (χ4v) is 4.32. The summed E-state index contributed by atoms with van der Waals surface area (Å²) in [6.45, 7) is 7.25. The predicted octanol–water partition coefficient (Wildman–Crippen LogP) is 2.45. The average molecular weight is 319 g/mol. The Balaban J connectivity index is 2.18. The van der Waals surface area contributed by atoms with Gasteiger partial charge in [-0.3, -0.25) is 14.4 Å². The van der Waals surface area contributed by atoms with Gasteiger partial charge in [0.25, 0.3) is 0 Å². The summed E-state index contributed by atoms with van der Waals surface area (Å²) in [5.74, 6) is -0.229. The van der Waals surface area contributed by atoms with Gasteiger partial charge in [-0.2, -0.15) is 0 Å². The number of amides is 1. The summed E-state index contributed by atoms with van der Waals surface area (Å²) in [6, 6.07) is -0.118. The normalized spacial score (nSPS) is 33.7. The summed E-state index contributed by atoms with van der Waals surface area (Å²) < 4.78 is 6.09. The van der Waals surface area contributed by atoms with E-state index < -0.39 is 11.5 Å². The Hall–Kier alpha value is -1.17. The summed E-state index contributed by atoms with van der Waals surface area (Å²) in [5.41, 5.74) is -0.762. The van der Waals surface area contributed by atoms with E-state index in [-0.39, 0.29) is 35.5 Å². The van der Waals surface area contributed by atoms with E-state index in [0.717, 1.165) is 6.42 Å². The first-order valence-electron chi connectivity index (χ1n) is 8.46. The van der Waals surface area contributed by atoms with E-state index >= 15 is 0 Å². The molecule has 2 radical (unpaired) electrons. The minimum Gasteiger partial charge on any atom is -0.351 e. The standard InChI is InChI=1S/C17H26BNO4/c1-5-14-15(23-17(3,4)19(14)16(18)22)9-11-8-12(21)6-7-13(11)10(2)20/h11,13-15H,5-9H2,1-4H3. The van der Waals surface area contributed by atoms with Crippen molar-refractivity contribution in [2.45, 2.75) is 77.7 Å². The van der Waals surface area contributed by atoms with Gasteiger partial charge in [-0.25, -0.2) is 0 Å². The maximum atomic E-state index is 11.9. The second-order valence-corrected chi connectivity index (χ2v) is 7.28. The van der Waals surface area contributed by atoms with Gasteiger partial charge in [0.1, 0.15) is 17.3 Å². The lowest BCUT2D eigenvalue weighted by atomic mass is 9.73. The number of carbonyl (C=O) groups excluding carboxylic acids is 3. The van der Waals surface area contributed by atoms with Crippen LogP contribution >= 0.6 is 0 Å². The van der Waals surface area contributed by atoms with Crippen molar-refractivity contribution in [2.75, 3.05) is 0 Å². The van der Waals surface area contributed by atoms with E-state index in [1.807, 2.05) is 20.8 Å². The minimum absolute atomic E-state index is 0.00331. The summed E-state index contributed by atoms with van der Waals surface area (Å²) >= 11 is 0. The Morgan fingerprint density at radius 1 is 1.39 bits per heavy atom. The van der Waals surface area contributed by atoms with Crippen LogP contribution in [0.1, 0.15) is 59.8 Å². The second-order valence-electron chi connectivity index (χ2n) is 7.28. The van der Waals surface area contributed by atoms with Crippen LogP contribution in [0.15, 0.2) is 0 Å². The van der Waals surface area contributed by atoms with Crippen molar-refractivity contribution >= 4 is 25.2 Å². The zero-order valence-electron chi connectivity index (χ0n) is 14.5. The predicted molar refractivity (Wildman–Crippen MR) is 87.2 cm³/mol. The minimum atomic E-state index is -0.762. The molecule has 4 unspecified atom stereocenters. The van der Waals surface area contributed by atoms with Crippen LogP contribution in [0.4, 0.5) is 4.79 Å². The third-order valence-corrected chi connectivity index (χ3v) is 5.29. The molecule has 0 spiro atoms. The van der Waals surface area contributed by atoms with Crippen molar-refractivity contribution in [3.63, 3.8) is 0 Å². The zero-order chi connectivity index (χ0) is 17.4. The maximum Gasteiger partial charge on any atom is 0.200 e. The Bertz CT molecular complexity index is 505. The first-order chi connectivity index (χ1) is 10.7. The molecular formula is C17H26BNO4. The van der Waals surface area contributed by atoms with Crippen molar-refractivity contribution in [1.82, 2.24) is 4.90 Å². The van der Waals surface area contributed by atoms with Crippen LogP contribution in [-0.4, -0.2) is 48.0 Å². The van der Waals surface area contributed by atoms with Gasteiger partial charge in [0.2, 0.25) is 7.85 Å². The molecule has 0 aromatic carbocycles. The molecule has 2 rings (SSSR count). The SMILES string of the molecule is [B]C(=O)N1C(CC)C(CC2CC(=O)CCC2C(C)=O)OC1(C)C. The van der Waals surface area contributed by atoms with Gasteiger partial charge >= 0.3 is 0 Å². The summed E-state index contributed by atoms with van der Waals surface area (Å²) in [7, 11) is 5.53. The fourth-order valence-electron chi connectivity index (χ4n) is 4.32. The maximum absolute atomic E-state index is 11.9. The average Bonchev–Trinajstić information content (AvgIpc) is 2.68. The molecule has 1 saturated heterocycles. The van der Waals surface area contributed by atoms with E-state index in [1.165, 1.54) is 0 Å². The molecule has 6 heteroatoms. The van der Waals surface area contributed by atoms with Crippen LogP contribution in [0.5, 0.6) is 0 Å². The summed E-state index contributed by atoms with van der Waals surface area (Å²) in [5, 5.41) is 0. The van der Waals surface area contributed by atoms with E-state index in [2.05, 4.69) is 0 Å². The molecule has 1 aliphatic heterocycles. The number of rotatable bonds is 4. The highest BCUT2D eigenvalue weighted by molar-refractivity contribution is 6.57. The smallest absolute Gasteiger partial charge is 0.200 e.